The summed E-state index contributed by atoms with van der Waals surface area (Å²) in [6.07, 6.45) is 1.57. The second-order valence-corrected chi connectivity index (χ2v) is 8.26. The van der Waals surface area contributed by atoms with Crippen molar-refractivity contribution in [3.05, 3.63) is 95.4 Å². The number of halogens is 3. The molecular formula is C22H14F3N3O4S. The van der Waals surface area contributed by atoms with E-state index in [0.29, 0.717) is 22.6 Å². The predicted octanol–water partition coefficient (Wildman–Crippen LogP) is 4.19. The number of nitrogens with zero attached hydrogens (tertiary/aromatic N) is 3. The summed E-state index contributed by atoms with van der Waals surface area (Å²) in [6, 6.07) is 20.0. The van der Waals surface area contributed by atoms with Gasteiger partial charge in [0.15, 0.2) is 0 Å². The fourth-order valence-electron chi connectivity index (χ4n) is 2.95. The smallest absolute Gasteiger partial charge is 0.376 e. The highest BCUT2D eigenvalue weighted by Gasteiger charge is 2.48. The lowest BCUT2D eigenvalue weighted by Crippen LogP contribution is -2.28. The summed E-state index contributed by atoms with van der Waals surface area (Å²) in [5, 5.41) is 4.40. The highest BCUT2D eigenvalue weighted by molar-refractivity contribution is 7.88. The van der Waals surface area contributed by atoms with Crippen LogP contribution in [-0.4, -0.2) is 28.7 Å². The first-order valence-electron chi connectivity index (χ1n) is 9.38. The lowest BCUT2D eigenvalue weighted by atomic mass is 10.1. The van der Waals surface area contributed by atoms with E-state index in [4.69, 9.17) is 0 Å². The molecule has 0 saturated heterocycles. The molecule has 7 nitrogen and oxygen atoms in total. The summed E-state index contributed by atoms with van der Waals surface area (Å²) in [5.41, 5.74) is -4.16. The van der Waals surface area contributed by atoms with Crippen LogP contribution in [0.3, 0.4) is 0 Å². The van der Waals surface area contributed by atoms with E-state index in [-0.39, 0.29) is 5.56 Å². The highest BCUT2D eigenvalue weighted by atomic mass is 32.2. The number of aromatic nitrogens is 3. The zero-order chi connectivity index (χ0) is 23.6. The molecule has 0 bridgehead atoms. The molecular weight excluding hydrogens is 459 g/mol. The summed E-state index contributed by atoms with van der Waals surface area (Å²) in [7, 11) is -5.81. The second-order valence-electron chi connectivity index (χ2n) is 6.72. The summed E-state index contributed by atoms with van der Waals surface area (Å²) in [6.45, 7) is 0. The second kappa shape index (κ2) is 8.51. The Kier molecular flexibility index (Phi) is 5.73. The Bertz CT molecular complexity index is 1440. The molecule has 4 rings (SSSR count). The fraction of sp³-hybridized carbons (Fsp3) is 0.0455. The van der Waals surface area contributed by atoms with E-state index in [1.54, 1.807) is 54.7 Å². The average Bonchev–Trinajstić information content (AvgIpc) is 2.80. The number of rotatable bonds is 5. The first-order valence-corrected chi connectivity index (χ1v) is 10.8. The third kappa shape index (κ3) is 4.62. The largest absolute Gasteiger partial charge is 0.534 e. The molecule has 2 heterocycles. The number of pyridine rings is 1. The molecule has 4 aromatic rings. The van der Waals surface area contributed by atoms with Crippen molar-refractivity contribution in [1.29, 1.82) is 0 Å². The van der Waals surface area contributed by atoms with E-state index in [0.717, 1.165) is 12.1 Å². The quantitative estimate of drug-likeness (QED) is 0.319. The van der Waals surface area contributed by atoms with Gasteiger partial charge in [-0.25, -0.2) is 0 Å². The molecule has 0 amide bonds. The van der Waals surface area contributed by atoms with Crippen LogP contribution in [0, 0.1) is 0 Å². The summed E-state index contributed by atoms with van der Waals surface area (Å²) in [4.78, 5) is 17.5. The van der Waals surface area contributed by atoms with Crippen molar-refractivity contribution in [3.8, 4) is 34.0 Å². The van der Waals surface area contributed by atoms with Gasteiger partial charge in [0.1, 0.15) is 11.4 Å². The van der Waals surface area contributed by atoms with Gasteiger partial charge in [-0.2, -0.15) is 31.4 Å². The number of hydrogen-bond donors (Lipinski definition) is 0. The topological polar surface area (TPSA) is 91.2 Å². The van der Waals surface area contributed by atoms with Crippen LogP contribution < -0.4 is 9.74 Å². The minimum Gasteiger partial charge on any atom is -0.376 e. The fourth-order valence-corrected chi connectivity index (χ4v) is 3.41. The Morgan fingerprint density at radius 1 is 0.848 bits per heavy atom. The van der Waals surface area contributed by atoms with E-state index in [1.807, 2.05) is 0 Å². The molecule has 168 valence electrons. The number of benzene rings is 2. The molecule has 0 N–H and O–H groups in total. The Labute approximate surface area is 185 Å². The van der Waals surface area contributed by atoms with E-state index < -0.39 is 26.9 Å². The van der Waals surface area contributed by atoms with E-state index in [9.17, 15) is 26.4 Å². The van der Waals surface area contributed by atoms with Crippen LogP contribution in [0.4, 0.5) is 13.2 Å². The normalized spacial score (nSPS) is 11.8. The summed E-state index contributed by atoms with van der Waals surface area (Å²) < 4.78 is 65.4. The maximum absolute atomic E-state index is 13.2. The third-order valence-corrected chi connectivity index (χ3v) is 5.47. The first kappa shape index (κ1) is 22.2. The van der Waals surface area contributed by atoms with E-state index in [1.165, 1.54) is 22.9 Å². The molecule has 0 aliphatic rings. The van der Waals surface area contributed by atoms with Gasteiger partial charge in [-0.15, -0.1) is 0 Å². The van der Waals surface area contributed by atoms with Crippen LogP contribution in [-0.2, 0) is 10.1 Å². The van der Waals surface area contributed by atoms with Crippen LogP contribution in [0.15, 0.2) is 89.9 Å². The van der Waals surface area contributed by atoms with Gasteiger partial charge in [0.05, 0.1) is 16.9 Å². The number of para-hydroxylation sites is 1. The van der Waals surface area contributed by atoms with Crippen LogP contribution in [0.2, 0.25) is 0 Å². The Morgan fingerprint density at radius 2 is 1.52 bits per heavy atom. The van der Waals surface area contributed by atoms with Gasteiger partial charge in [-0.1, -0.05) is 36.4 Å². The highest BCUT2D eigenvalue weighted by Crippen LogP contribution is 2.29. The lowest BCUT2D eigenvalue weighted by molar-refractivity contribution is -0.0500. The van der Waals surface area contributed by atoms with Crippen LogP contribution >= 0.6 is 0 Å². The predicted molar refractivity (Wildman–Crippen MR) is 114 cm³/mol. The van der Waals surface area contributed by atoms with E-state index >= 15 is 0 Å². The van der Waals surface area contributed by atoms with Crippen molar-refractivity contribution in [2.75, 3.05) is 0 Å². The van der Waals surface area contributed by atoms with Gasteiger partial charge in [-0.05, 0) is 48.0 Å². The SMILES string of the molecule is O=c1c(-c2ccc(OS(=O)(=O)C(F)(F)F)cc2)cc(-c2ccccn2)nn1-c1ccccc1. The van der Waals surface area contributed by atoms with Gasteiger partial charge in [0.25, 0.3) is 5.56 Å². The molecule has 0 fully saturated rings. The van der Waals surface area contributed by atoms with Crippen LogP contribution in [0.25, 0.3) is 28.2 Å². The molecule has 0 unspecified atom stereocenters. The van der Waals surface area contributed by atoms with E-state index in [2.05, 4.69) is 14.3 Å². The maximum Gasteiger partial charge on any atom is 0.534 e. The third-order valence-electron chi connectivity index (χ3n) is 4.49. The van der Waals surface area contributed by atoms with Gasteiger partial charge in [0, 0.05) is 6.20 Å². The van der Waals surface area contributed by atoms with Crippen molar-refractivity contribution in [1.82, 2.24) is 14.8 Å². The first-order chi connectivity index (χ1) is 15.7. The minimum absolute atomic E-state index is 0.180. The van der Waals surface area contributed by atoms with Gasteiger partial charge in [-0.3, -0.25) is 9.78 Å². The number of hydrogen-bond acceptors (Lipinski definition) is 6. The molecule has 0 aliphatic heterocycles. The van der Waals surface area contributed by atoms with Crippen molar-refractivity contribution in [2.45, 2.75) is 5.51 Å². The molecule has 0 spiro atoms. The number of alkyl halides is 3. The van der Waals surface area contributed by atoms with Crippen LogP contribution in [0.1, 0.15) is 0 Å². The molecule has 33 heavy (non-hydrogen) atoms. The molecule has 0 aliphatic carbocycles. The van der Waals surface area contributed by atoms with Crippen molar-refractivity contribution in [3.63, 3.8) is 0 Å². The Hall–Kier alpha value is -3.99. The standard InChI is InChI=1S/C22H14F3N3O4S/c23-22(24,25)33(30,31)32-17-11-9-15(10-12-17)18-14-20(19-8-4-5-13-26-19)27-28(21(18)29)16-6-2-1-3-7-16/h1-14H. The van der Waals surface area contributed by atoms with Crippen molar-refractivity contribution in [2.24, 2.45) is 0 Å². The molecule has 2 aromatic heterocycles. The lowest BCUT2D eigenvalue weighted by Gasteiger charge is -2.12. The molecule has 0 saturated carbocycles. The molecule has 0 atom stereocenters. The van der Waals surface area contributed by atoms with Gasteiger partial charge < -0.3 is 4.18 Å². The zero-order valence-electron chi connectivity index (χ0n) is 16.6. The summed E-state index contributed by atoms with van der Waals surface area (Å²) in [5.74, 6) is -0.543. The molecule has 2 aromatic carbocycles. The van der Waals surface area contributed by atoms with Crippen molar-refractivity contribution >= 4 is 10.1 Å². The molecule has 0 radical (unpaired) electrons. The Balaban J connectivity index is 1.81. The van der Waals surface area contributed by atoms with Crippen LogP contribution in [0.5, 0.6) is 5.75 Å². The van der Waals surface area contributed by atoms with Gasteiger partial charge in [0.2, 0.25) is 0 Å². The summed E-state index contributed by atoms with van der Waals surface area (Å²) >= 11 is 0. The minimum atomic E-state index is -5.81. The van der Waals surface area contributed by atoms with Gasteiger partial charge >= 0.3 is 15.6 Å². The Morgan fingerprint density at radius 3 is 2.12 bits per heavy atom. The molecule has 11 heteroatoms. The monoisotopic (exact) mass is 473 g/mol. The average molecular weight is 473 g/mol. The maximum atomic E-state index is 13.2. The van der Waals surface area contributed by atoms with Crippen molar-refractivity contribution < 1.29 is 25.8 Å². The zero-order valence-corrected chi connectivity index (χ0v) is 17.4.